The van der Waals surface area contributed by atoms with E-state index < -0.39 is 12.2 Å². The Morgan fingerprint density at radius 3 is 2.39 bits per heavy atom. The molecule has 0 saturated carbocycles. The van der Waals surface area contributed by atoms with Gasteiger partial charge in [0.05, 0.1) is 31.0 Å². The van der Waals surface area contributed by atoms with Crippen molar-refractivity contribution >= 4 is 10.8 Å². The smallest absolute Gasteiger partial charge is 0.110 e. The summed E-state index contributed by atoms with van der Waals surface area (Å²) in [5.74, 6) is 0. The second-order valence-electron chi connectivity index (χ2n) is 9.27. The maximum absolute atomic E-state index is 11.0. The maximum atomic E-state index is 11.0. The normalized spacial score (nSPS) is 24.4. The Hall–Kier alpha value is -2.24. The molecular formula is C27H32O4. The molecule has 0 unspecified atom stereocenters. The van der Waals surface area contributed by atoms with Crippen LogP contribution in [0, 0.1) is 0 Å². The van der Waals surface area contributed by atoms with Crippen LogP contribution in [0.15, 0.2) is 72.8 Å². The third kappa shape index (κ3) is 5.72. The van der Waals surface area contributed by atoms with E-state index in [-0.39, 0.29) is 17.8 Å². The predicted octanol–water partition coefficient (Wildman–Crippen LogP) is 5.43. The number of rotatable bonds is 6. The van der Waals surface area contributed by atoms with E-state index in [0.717, 1.165) is 11.1 Å². The zero-order valence-electron chi connectivity index (χ0n) is 18.5. The standard InChI is InChI=1S/C27H32O4/c1-27(2,3)31-24-16-23(22-14-13-20-11-7-8-12-21(20)15-22)30-25(26(24)28)18-29-17-19-9-5-4-6-10-19/h4-15,23-26,28H,16-18H2,1-3H3/t23-,24-,25-,26+/m1/s1. The molecule has 1 saturated heterocycles. The first-order valence-electron chi connectivity index (χ1n) is 11.0. The minimum absolute atomic E-state index is 0.161. The monoisotopic (exact) mass is 420 g/mol. The van der Waals surface area contributed by atoms with Crippen molar-refractivity contribution in [2.24, 2.45) is 0 Å². The average Bonchev–Trinajstić information content (AvgIpc) is 2.75. The summed E-state index contributed by atoms with van der Waals surface area (Å²) in [6.45, 7) is 6.84. The molecule has 0 aromatic heterocycles. The van der Waals surface area contributed by atoms with Crippen LogP contribution in [0.1, 0.15) is 44.4 Å². The minimum atomic E-state index is -0.744. The lowest BCUT2D eigenvalue weighted by molar-refractivity contribution is -0.221. The van der Waals surface area contributed by atoms with Crippen LogP contribution in [0.25, 0.3) is 10.8 Å². The summed E-state index contributed by atoms with van der Waals surface area (Å²) >= 11 is 0. The first-order chi connectivity index (χ1) is 14.9. The Labute approximate surface area is 184 Å². The number of hydrogen-bond acceptors (Lipinski definition) is 4. The molecule has 4 nitrogen and oxygen atoms in total. The second kappa shape index (κ2) is 9.49. The number of aliphatic hydroxyl groups excluding tert-OH is 1. The lowest BCUT2D eigenvalue weighted by Crippen LogP contribution is -2.50. The van der Waals surface area contributed by atoms with Crippen molar-refractivity contribution in [3.05, 3.63) is 83.9 Å². The topological polar surface area (TPSA) is 47.9 Å². The lowest BCUT2D eigenvalue weighted by atomic mass is 9.92. The van der Waals surface area contributed by atoms with Gasteiger partial charge in [0.1, 0.15) is 12.2 Å². The molecule has 0 aliphatic carbocycles. The van der Waals surface area contributed by atoms with Crippen LogP contribution in [-0.4, -0.2) is 35.6 Å². The molecule has 31 heavy (non-hydrogen) atoms. The fourth-order valence-corrected chi connectivity index (χ4v) is 4.14. The van der Waals surface area contributed by atoms with Crippen LogP contribution in [0.3, 0.4) is 0 Å². The van der Waals surface area contributed by atoms with E-state index in [1.54, 1.807) is 0 Å². The molecule has 1 fully saturated rings. The van der Waals surface area contributed by atoms with Crippen LogP contribution >= 0.6 is 0 Å². The zero-order valence-corrected chi connectivity index (χ0v) is 18.5. The van der Waals surface area contributed by atoms with Gasteiger partial charge in [-0.15, -0.1) is 0 Å². The molecular weight excluding hydrogens is 388 g/mol. The van der Waals surface area contributed by atoms with Gasteiger partial charge in [0.2, 0.25) is 0 Å². The van der Waals surface area contributed by atoms with Crippen molar-refractivity contribution in [1.82, 2.24) is 0 Å². The first kappa shape index (κ1) is 22.0. The van der Waals surface area contributed by atoms with Gasteiger partial charge in [0.25, 0.3) is 0 Å². The number of aliphatic hydroxyl groups is 1. The molecule has 4 heteroatoms. The third-order valence-electron chi connectivity index (χ3n) is 5.59. The fraction of sp³-hybridized carbons (Fsp3) is 0.407. The summed E-state index contributed by atoms with van der Waals surface area (Å²) in [6.07, 6.45) is -1.08. The summed E-state index contributed by atoms with van der Waals surface area (Å²) in [5, 5.41) is 13.4. The lowest BCUT2D eigenvalue weighted by Gasteiger charge is -2.42. The predicted molar refractivity (Wildman–Crippen MR) is 123 cm³/mol. The molecule has 0 bridgehead atoms. The Morgan fingerprint density at radius 2 is 1.65 bits per heavy atom. The molecule has 3 aromatic rings. The summed E-state index contributed by atoms with van der Waals surface area (Å²) < 4.78 is 18.5. The molecule has 4 atom stereocenters. The highest BCUT2D eigenvalue weighted by atomic mass is 16.6. The summed E-state index contributed by atoms with van der Waals surface area (Å²) in [5.41, 5.74) is 1.84. The van der Waals surface area contributed by atoms with Gasteiger partial charge in [-0.3, -0.25) is 0 Å². The van der Waals surface area contributed by atoms with Crippen molar-refractivity contribution in [3.8, 4) is 0 Å². The van der Waals surface area contributed by atoms with Crippen molar-refractivity contribution in [1.29, 1.82) is 0 Å². The summed E-state index contributed by atoms with van der Waals surface area (Å²) in [7, 11) is 0. The van der Waals surface area contributed by atoms with E-state index >= 15 is 0 Å². The van der Waals surface area contributed by atoms with Gasteiger partial charge >= 0.3 is 0 Å². The van der Waals surface area contributed by atoms with Gasteiger partial charge in [0, 0.05) is 6.42 Å². The molecule has 0 radical (unpaired) electrons. The van der Waals surface area contributed by atoms with Crippen molar-refractivity contribution in [2.75, 3.05) is 6.61 Å². The highest BCUT2D eigenvalue weighted by molar-refractivity contribution is 5.83. The van der Waals surface area contributed by atoms with Gasteiger partial charge in [-0.2, -0.15) is 0 Å². The Kier molecular flexibility index (Phi) is 6.73. The van der Waals surface area contributed by atoms with Crippen LogP contribution in [-0.2, 0) is 20.8 Å². The van der Waals surface area contributed by atoms with E-state index in [9.17, 15) is 5.11 Å². The van der Waals surface area contributed by atoms with Gasteiger partial charge in [0.15, 0.2) is 0 Å². The second-order valence-corrected chi connectivity index (χ2v) is 9.27. The zero-order chi connectivity index (χ0) is 21.8. The first-order valence-corrected chi connectivity index (χ1v) is 11.0. The number of hydrogen-bond donors (Lipinski definition) is 1. The van der Waals surface area contributed by atoms with E-state index in [4.69, 9.17) is 14.2 Å². The minimum Gasteiger partial charge on any atom is -0.388 e. The molecule has 164 valence electrons. The molecule has 4 rings (SSSR count). The van der Waals surface area contributed by atoms with E-state index in [1.807, 2.05) is 63.2 Å². The molecule has 0 amide bonds. The van der Waals surface area contributed by atoms with Crippen LogP contribution in [0.2, 0.25) is 0 Å². The molecule has 1 N–H and O–H groups in total. The van der Waals surface area contributed by atoms with Gasteiger partial charge in [-0.25, -0.2) is 0 Å². The molecule has 1 aliphatic heterocycles. The molecule has 1 aliphatic rings. The number of fused-ring (bicyclic) bond motifs is 1. The fourth-order valence-electron chi connectivity index (χ4n) is 4.14. The number of benzene rings is 3. The van der Waals surface area contributed by atoms with E-state index in [0.29, 0.717) is 19.6 Å². The molecule has 1 heterocycles. The van der Waals surface area contributed by atoms with Gasteiger partial charge < -0.3 is 19.3 Å². The highest BCUT2D eigenvalue weighted by Gasteiger charge is 2.40. The number of ether oxygens (including phenoxy) is 3. The molecule has 3 aromatic carbocycles. The van der Waals surface area contributed by atoms with Crippen LogP contribution < -0.4 is 0 Å². The van der Waals surface area contributed by atoms with Crippen LogP contribution in [0.5, 0.6) is 0 Å². The maximum Gasteiger partial charge on any atom is 0.110 e. The SMILES string of the molecule is CC(C)(C)O[C@@H]1C[C@H](c2ccc3ccccc3c2)O[C@H](COCc2ccccc2)[C@H]1O. The Balaban J connectivity index is 1.51. The quantitative estimate of drug-likeness (QED) is 0.578. The third-order valence-corrected chi connectivity index (χ3v) is 5.59. The van der Waals surface area contributed by atoms with Gasteiger partial charge in [-0.05, 0) is 48.7 Å². The van der Waals surface area contributed by atoms with Crippen molar-refractivity contribution in [3.63, 3.8) is 0 Å². The summed E-state index contributed by atoms with van der Waals surface area (Å²) in [6, 6.07) is 24.8. The Morgan fingerprint density at radius 1 is 0.935 bits per heavy atom. The van der Waals surface area contributed by atoms with Crippen molar-refractivity contribution in [2.45, 2.75) is 63.8 Å². The summed E-state index contributed by atoms with van der Waals surface area (Å²) in [4.78, 5) is 0. The van der Waals surface area contributed by atoms with E-state index in [2.05, 4.69) is 30.3 Å². The largest absolute Gasteiger partial charge is 0.388 e. The Bertz CT molecular complexity index is 979. The van der Waals surface area contributed by atoms with Gasteiger partial charge in [-0.1, -0.05) is 66.7 Å². The highest BCUT2D eigenvalue weighted by Crippen LogP contribution is 2.36. The van der Waals surface area contributed by atoms with E-state index in [1.165, 1.54) is 10.8 Å². The van der Waals surface area contributed by atoms with Crippen LogP contribution in [0.4, 0.5) is 0 Å². The van der Waals surface area contributed by atoms with Crippen molar-refractivity contribution < 1.29 is 19.3 Å². The average molecular weight is 421 g/mol. The molecule has 0 spiro atoms.